The predicted octanol–water partition coefficient (Wildman–Crippen LogP) is 1.42. The summed E-state index contributed by atoms with van der Waals surface area (Å²) in [5, 5.41) is 5.21. The number of nitrogens with zero attached hydrogens (tertiary/aromatic N) is 2. The number of thiophene rings is 1. The molecule has 2 N–H and O–H groups in total. The van der Waals surface area contributed by atoms with Crippen LogP contribution in [0.25, 0.3) is 10.2 Å². The maximum atomic E-state index is 12.7. The standard InChI is InChI=1S/C15H18N4O3S2/c1-7(11(20)17-14(22)16-2)23-15-18-12-10(13(21)19(15)3)8-5-4-6-9(8)24-12/h7H,4-6H2,1-3H3,(H2,16,17,20,22)/t7-/m0/s1. The van der Waals surface area contributed by atoms with Crippen molar-refractivity contribution in [3.63, 3.8) is 0 Å². The van der Waals surface area contributed by atoms with E-state index in [1.807, 2.05) is 0 Å². The zero-order valence-corrected chi connectivity index (χ0v) is 15.3. The number of urea groups is 1. The Kier molecular flexibility index (Phi) is 4.64. The minimum absolute atomic E-state index is 0.0687. The molecular weight excluding hydrogens is 348 g/mol. The Morgan fingerprint density at radius 1 is 1.38 bits per heavy atom. The van der Waals surface area contributed by atoms with Gasteiger partial charge in [-0.1, -0.05) is 11.8 Å². The molecule has 0 aromatic carbocycles. The number of aryl methyl sites for hydroxylation is 2. The first-order chi connectivity index (χ1) is 11.4. The summed E-state index contributed by atoms with van der Waals surface area (Å²) in [4.78, 5) is 42.5. The van der Waals surface area contributed by atoms with Crippen molar-refractivity contribution in [2.24, 2.45) is 7.05 Å². The molecule has 0 saturated heterocycles. The minimum atomic E-state index is -0.556. The van der Waals surface area contributed by atoms with Gasteiger partial charge in [-0.3, -0.25) is 19.5 Å². The number of carbonyl (C=O) groups is 2. The number of hydrogen-bond donors (Lipinski definition) is 2. The van der Waals surface area contributed by atoms with Crippen molar-refractivity contribution in [3.05, 3.63) is 20.8 Å². The van der Waals surface area contributed by atoms with Crippen molar-refractivity contribution < 1.29 is 9.59 Å². The van der Waals surface area contributed by atoms with Crippen LogP contribution >= 0.6 is 23.1 Å². The van der Waals surface area contributed by atoms with Crippen molar-refractivity contribution in [1.29, 1.82) is 0 Å². The largest absolute Gasteiger partial charge is 0.341 e. The van der Waals surface area contributed by atoms with Crippen molar-refractivity contribution in [2.45, 2.75) is 36.6 Å². The smallest absolute Gasteiger partial charge is 0.321 e. The predicted molar refractivity (Wildman–Crippen MR) is 94.8 cm³/mol. The van der Waals surface area contributed by atoms with E-state index in [1.165, 1.54) is 28.3 Å². The molecule has 3 rings (SSSR count). The van der Waals surface area contributed by atoms with Crippen LogP contribution in [0.15, 0.2) is 9.95 Å². The topological polar surface area (TPSA) is 93.1 Å². The molecular formula is C15H18N4O3S2. The lowest BCUT2D eigenvalue weighted by Crippen LogP contribution is -2.41. The fraction of sp³-hybridized carbons (Fsp3) is 0.467. The number of carbonyl (C=O) groups excluding carboxylic acids is 2. The second kappa shape index (κ2) is 6.56. The second-order valence-corrected chi connectivity index (χ2v) is 8.02. The molecule has 1 aliphatic rings. The van der Waals surface area contributed by atoms with Gasteiger partial charge in [-0.05, 0) is 31.7 Å². The van der Waals surface area contributed by atoms with Crippen LogP contribution in [-0.2, 0) is 24.7 Å². The van der Waals surface area contributed by atoms with Crippen molar-refractivity contribution >= 4 is 45.3 Å². The maximum Gasteiger partial charge on any atom is 0.321 e. The fourth-order valence-electron chi connectivity index (χ4n) is 2.70. The van der Waals surface area contributed by atoms with E-state index in [0.29, 0.717) is 5.16 Å². The lowest BCUT2D eigenvalue weighted by atomic mass is 10.2. The Morgan fingerprint density at radius 3 is 2.83 bits per heavy atom. The van der Waals surface area contributed by atoms with Gasteiger partial charge in [0.2, 0.25) is 5.91 Å². The molecule has 0 fully saturated rings. The molecule has 0 saturated carbocycles. The lowest BCUT2D eigenvalue weighted by Gasteiger charge is -2.12. The molecule has 3 amide bonds. The summed E-state index contributed by atoms with van der Waals surface area (Å²) < 4.78 is 1.49. The maximum absolute atomic E-state index is 12.7. The summed E-state index contributed by atoms with van der Waals surface area (Å²) in [6.07, 6.45) is 3.03. The molecule has 0 unspecified atom stereocenters. The van der Waals surface area contributed by atoms with E-state index < -0.39 is 17.2 Å². The normalized spacial score (nSPS) is 14.5. The molecule has 2 heterocycles. The highest BCUT2D eigenvalue weighted by molar-refractivity contribution is 8.00. The summed E-state index contributed by atoms with van der Waals surface area (Å²) >= 11 is 2.74. The third-order valence-corrected chi connectivity index (χ3v) is 6.35. The number of thioether (sulfide) groups is 1. The third kappa shape index (κ3) is 2.93. The Balaban J connectivity index is 1.90. The van der Waals surface area contributed by atoms with Gasteiger partial charge < -0.3 is 5.32 Å². The van der Waals surface area contributed by atoms with Crippen molar-refractivity contribution in [2.75, 3.05) is 7.05 Å². The highest BCUT2D eigenvalue weighted by Crippen LogP contribution is 2.35. The lowest BCUT2D eigenvalue weighted by molar-refractivity contribution is -0.119. The van der Waals surface area contributed by atoms with Gasteiger partial charge >= 0.3 is 6.03 Å². The van der Waals surface area contributed by atoms with Gasteiger partial charge in [-0.25, -0.2) is 9.78 Å². The van der Waals surface area contributed by atoms with E-state index in [-0.39, 0.29) is 5.56 Å². The van der Waals surface area contributed by atoms with Gasteiger partial charge in [0, 0.05) is 19.0 Å². The first kappa shape index (κ1) is 17.0. The number of aromatic nitrogens is 2. The minimum Gasteiger partial charge on any atom is -0.341 e. The molecule has 1 atom stereocenters. The number of hydrogen-bond acceptors (Lipinski definition) is 6. The van der Waals surface area contributed by atoms with Gasteiger partial charge in [-0.15, -0.1) is 11.3 Å². The quantitative estimate of drug-likeness (QED) is 0.633. The fourth-order valence-corrected chi connectivity index (χ4v) is 4.88. The zero-order chi connectivity index (χ0) is 17.4. The summed E-state index contributed by atoms with van der Waals surface area (Å²) in [5.74, 6) is -0.428. The van der Waals surface area contributed by atoms with Crippen LogP contribution < -0.4 is 16.2 Å². The van der Waals surface area contributed by atoms with E-state index >= 15 is 0 Å². The SMILES string of the molecule is CNC(=O)NC(=O)[C@H](C)Sc1nc2sc3c(c2c(=O)n1C)CCC3. The van der Waals surface area contributed by atoms with Gasteiger partial charge in [-0.2, -0.15) is 0 Å². The Morgan fingerprint density at radius 2 is 2.12 bits per heavy atom. The molecule has 2 aromatic rings. The first-order valence-corrected chi connectivity index (χ1v) is 9.32. The van der Waals surface area contributed by atoms with E-state index in [0.717, 1.165) is 35.0 Å². The van der Waals surface area contributed by atoms with Gasteiger partial charge in [0.1, 0.15) is 4.83 Å². The number of nitrogens with one attached hydrogen (secondary N) is 2. The molecule has 0 spiro atoms. The third-order valence-electron chi connectivity index (χ3n) is 4.02. The number of amides is 3. The Hall–Kier alpha value is -1.87. The molecule has 7 nitrogen and oxygen atoms in total. The molecule has 1 aliphatic carbocycles. The monoisotopic (exact) mass is 366 g/mol. The molecule has 24 heavy (non-hydrogen) atoms. The van der Waals surface area contributed by atoms with Gasteiger partial charge in [0.25, 0.3) is 5.56 Å². The highest BCUT2D eigenvalue weighted by atomic mass is 32.2. The number of fused-ring (bicyclic) bond motifs is 3. The van der Waals surface area contributed by atoms with E-state index in [1.54, 1.807) is 25.3 Å². The van der Waals surface area contributed by atoms with Gasteiger partial charge in [0.15, 0.2) is 5.16 Å². The Labute approximate surface area is 146 Å². The summed E-state index contributed by atoms with van der Waals surface area (Å²) in [6, 6.07) is -0.556. The number of rotatable bonds is 3. The average molecular weight is 366 g/mol. The molecule has 2 aromatic heterocycles. The van der Waals surface area contributed by atoms with Crippen LogP contribution in [-0.4, -0.2) is 33.8 Å². The van der Waals surface area contributed by atoms with Crippen LogP contribution in [0.1, 0.15) is 23.8 Å². The molecule has 0 bridgehead atoms. The van der Waals surface area contributed by atoms with Crippen molar-refractivity contribution in [3.8, 4) is 0 Å². The second-order valence-electron chi connectivity index (χ2n) is 5.62. The van der Waals surface area contributed by atoms with Crippen LogP contribution in [0.3, 0.4) is 0 Å². The highest BCUT2D eigenvalue weighted by Gasteiger charge is 2.24. The van der Waals surface area contributed by atoms with Crippen LogP contribution in [0.2, 0.25) is 0 Å². The molecule has 9 heteroatoms. The Bertz CT molecular complexity index is 887. The first-order valence-electron chi connectivity index (χ1n) is 7.63. The van der Waals surface area contributed by atoms with E-state index in [9.17, 15) is 14.4 Å². The van der Waals surface area contributed by atoms with Crippen molar-refractivity contribution in [1.82, 2.24) is 20.2 Å². The van der Waals surface area contributed by atoms with Crippen LogP contribution in [0, 0.1) is 0 Å². The summed E-state index contributed by atoms with van der Waals surface area (Å²) in [7, 11) is 3.11. The summed E-state index contributed by atoms with van der Waals surface area (Å²) in [6.45, 7) is 1.67. The van der Waals surface area contributed by atoms with Gasteiger partial charge in [0.05, 0.1) is 10.6 Å². The molecule has 0 radical (unpaired) electrons. The molecule has 0 aliphatic heterocycles. The van der Waals surface area contributed by atoms with E-state index in [4.69, 9.17) is 0 Å². The summed E-state index contributed by atoms with van der Waals surface area (Å²) in [5.41, 5.74) is 1.07. The van der Waals surface area contributed by atoms with E-state index in [2.05, 4.69) is 15.6 Å². The molecule has 128 valence electrons. The van der Waals surface area contributed by atoms with Crippen LogP contribution in [0.5, 0.6) is 0 Å². The zero-order valence-electron chi connectivity index (χ0n) is 13.6. The average Bonchev–Trinajstić information content (AvgIpc) is 3.12. The number of imide groups is 1. The van der Waals surface area contributed by atoms with Crippen LogP contribution in [0.4, 0.5) is 4.79 Å².